The number of likely N-dealkylation sites (tertiary alicyclic amines) is 1. The number of nitrogens with zero attached hydrogens (tertiary/aromatic N) is 2. The summed E-state index contributed by atoms with van der Waals surface area (Å²) in [5.74, 6) is 0.473. The molecular formula is C24H24N2O4. The third-order valence-electron chi connectivity index (χ3n) is 6.26. The normalized spacial score (nSPS) is 19.8. The van der Waals surface area contributed by atoms with Gasteiger partial charge in [0.25, 0.3) is 5.91 Å². The quantitative estimate of drug-likeness (QED) is 0.688. The zero-order valence-corrected chi connectivity index (χ0v) is 16.9. The van der Waals surface area contributed by atoms with Crippen molar-refractivity contribution in [2.45, 2.75) is 32.6 Å². The first-order valence-corrected chi connectivity index (χ1v) is 10.5. The largest absolute Gasteiger partial charge is 0.508 e. The van der Waals surface area contributed by atoms with Gasteiger partial charge < -0.3 is 14.4 Å². The predicted octanol–water partition coefficient (Wildman–Crippen LogP) is 4.37. The average Bonchev–Trinajstić information content (AvgIpc) is 3.14. The Kier molecular flexibility index (Phi) is 4.50. The fraction of sp³-hybridized carbons (Fsp3) is 0.333. The maximum Gasteiger partial charge on any atom is 0.346 e. The highest BCUT2D eigenvalue weighted by atomic mass is 16.4. The SMILES string of the molecule is Cc1ccc2oc(=O)c3ccc(C(=O)N4CCCC(C5=CCCC=C5O)C4)cc3n12. The molecule has 1 fully saturated rings. The van der Waals surface area contributed by atoms with Gasteiger partial charge in [-0.1, -0.05) is 6.08 Å². The number of carbonyl (C=O) groups is 1. The Bertz CT molecular complexity index is 1280. The minimum Gasteiger partial charge on any atom is -0.508 e. The summed E-state index contributed by atoms with van der Waals surface area (Å²) < 4.78 is 7.24. The van der Waals surface area contributed by atoms with Crippen molar-refractivity contribution in [3.8, 4) is 0 Å². The number of hydrogen-bond acceptors (Lipinski definition) is 4. The number of carbonyl (C=O) groups excluding carboxylic acids is 1. The van der Waals surface area contributed by atoms with Crippen LogP contribution in [0, 0.1) is 12.8 Å². The van der Waals surface area contributed by atoms with Crippen LogP contribution in [-0.2, 0) is 0 Å². The number of aliphatic hydroxyl groups is 1. The molecule has 1 unspecified atom stereocenters. The van der Waals surface area contributed by atoms with Gasteiger partial charge in [-0.15, -0.1) is 0 Å². The second-order valence-corrected chi connectivity index (χ2v) is 8.19. The standard InChI is InChI=1S/C24H24N2O4/c1-15-8-11-22-26(15)20-13-16(9-10-19(20)24(29)30-22)23(28)25-12-4-5-17(14-25)18-6-2-3-7-21(18)27/h6-11,13,17,27H,2-5,12,14H2,1H3. The monoisotopic (exact) mass is 404 g/mol. The van der Waals surface area contributed by atoms with Gasteiger partial charge in [-0.05, 0) is 68.5 Å². The van der Waals surface area contributed by atoms with Crippen LogP contribution in [0.1, 0.15) is 41.7 Å². The number of allylic oxidation sites excluding steroid dienone is 3. The molecule has 0 saturated carbocycles. The van der Waals surface area contributed by atoms with Crippen LogP contribution in [0.15, 0.2) is 63.0 Å². The molecule has 3 heterocycles. The van der Waals surface area contributed by atoms with Gasteiger partial charge >= 0.3 is 5.63 Å². The molecule has 0 radical (unpaired) electrons. The number of piperidine rings is 1. The first kappa shape index (κ1) is 18.7. The van der Waals surface area contributed by atoms with Crippen molar-refractivity contribution in [2.75, 3.05) is 13.1 Å². The van der Waals surface area contributed by atoms with Gasteiger partial charge in [0.05, 0.1) is 10.9 Å². The van der Waals surface area contributed by atoms with Gasteiger partial charge in [0.2, 0.25) is 5.71 Å². The van der Waals surface area contributed by atoms with Gasteiger partial charge in [-0.3, -0.25) is 9.20 Å². The fourth-order valence-electron chi connectivity index (χ4n) is 4.73. The molecule has 1 N–H and O–H groups in total. The second-order valence-electron chi connectivity index (χ2n) is 8.19. The number of aromatic nitrogens is 1. The topological polar surface area (TPSA) is 75.2 Å². The summed E-state index contributed by atoms with van der Waals surface area (Å²) in [5.41, 5.74) is 3.21. The van der Waals surface area contributed by atoms with Crippen LogP contribution in [0.5, 0.6) is 0 Å². The number of fused-ring (bicyclic) bond motifs is 3. The molecule has 5 rings (SSSR count). The number of rotatable bonds is 2. The zero-order valence-electron chi connectivity index (χ0n) is 16.9. The number of hydrogen-bond donors (Lipinski definition) is 1. The number of aliphatic hydroxyl groups excluding tert-OH is 1. The van der Waals surface area contributed by atoms with Gasteiger partial charge in [0, 0.05) is 36.3 Å². The first-order valence-electron chi connectivity index (χ1n) is 10.5. The van der Waals surface area contributed by atoms with Crippen LogP contribution >= 0.6 is 0 Å². The van der Waals surface area contributed by atoms with Crippen LogP contribution in [0.3, 0.4) is 0 Å². The molecular weight excluding hydrogens is 380 g/mol. The molecule has 6 heteroatoms. The molecule has 1 atom stereocenters. The number of aryl methyl sites for hydroxylation is 1. The van der Waals surface area contributed by atoms with Gasteiger partial charge in [-0.25, -0.2) is 4.79 Å². The summed E-state index contributed by atoms with van der Waals surface area (Å²) in [4.78, 5) is 27.5. The third-order valence-corrected chi connectivity index (χ3v) is 6.26. The first-order chi connectivity index (χ1) is 14.5. The molecule has 2 aliphatic rings. The summed E-state index contributed by atoms with van der Waals surface area (Å²) in [5, 5.41) is 10.7. The minimum atomic E-state index is -0.404. The molecule has 1 aromatic carbocycles. The highest BCUT2D eigenvalue weighted by molar-refractivity contribution is 5.98. The van der Waals surface area contributed by atoms with Crippen molar-refractivity contribution in [1.29, 1.82) is 0 Å². The van der Waals surface area contributed by atoms with E-state index in [4.69, 9.17) is 4.42 Å². The highest BCUT2D eigenvalue weighted by Gasteiger charge is 2.29. The molecule has 1 aliphatic carbocycles. The van der Waals surface area contributed by atoms with E-state index in [0.29, 0.717) is 41.0 Å². The predicted molar refractivity (Wildman–Crippen MR) is 115 cm³/mol. The highest BCUT2D eigenvalue weighted by Crippen LogP contribution is 2.31. The molecule has 1 saturated heterocycles. The van der Waals surface area contributed by atoms with Gasteiger partial charge in [-0.2, -0.15) is 0 Å². The van der Waals surface area contributed by atoms with E-state index in [0.717, 1.165) is 37.0 Å². The average molecular weight is 404 g/mol. The van der Waals surface area contributed by atoms with E-state index in [2.05, 4.69) is 6.08 Å². The summed E-state index contributed by atoms with van der Waals surface area (Å²) in [7, 11) is 0. The van der Waals surface area contributed by atoms with Crippen LogP contribution in [-0.4, -0.2) is 33.4 Å². The molecule has 6 nitrogen and oxygen atoms in total. The zero-order chi connectivity index (χ0) is 20.8. The minimum absolute atomic E-state index is 0.0484. The molecule has 0 bridgehead atoms. The smallest absolute Gasteiger partial charge is 0.346 e. The van der Waals surface area contributed by atoms with Crippen LogP contribution in [0.4, 0.5) is 0 Å². The van der Waals surface area contributed by atoms with E-state index >= 15 is 0 Å². The van der Waals surface area contributed by atoms with Gasteiger partial charge in [0.1, 0.15) is 5.76 Å². The van der Waals surface area contributed by atoms with Crippen molar-refractivity contribution < 1.29 is 14.3 Å². The van der Waals surface area contributed by atoms with Crippen LogP contribution in [0.25, 0.3) is 16.6 Å². The Morgan fingerprint density at radius 3 is 2.83 bits per heavy atom. The summed E-state index contributed by atoms with van der Waals surface area (Å²) >= 11 is 0. The lowest BCUT2D eigenvalue weighted by atomic mass is 9.86. The van der Waals surface area contributed by atoms with Gasteiger partial charge in [0.15, 0.2) is 0 Å². The third kappa shape index (κ3) is 3.03. The Morgan fingerprint density at radius 2 is 2.00 bits per heavy atom. The lowest BCUT2D eigenvalue weighted by Crippen LogP contribution is -2.40. The Balaban J connectivity index is 1.49. The maximum absolute atomic E-state index is 13.3. The van der Waals surface area contributed by atoms with E-state index < -0.39 is 5.63 Å². The molecule has 0 spiro atoms. The maximum atomic E-state index is 13.3. The van der Waals surface area contributed by atoms with Crippen molar-refractivity contribution in [2.24, 2.45) is 5.92 Å². The number of benzene rings is 1. The summed E-state index contributed by atoms with van der Waals surface area (Å²) in [6.45, 7) is 3.23. The molecule has 3 aromatic rings. The van der Waals surface area contributed by atoms with Crippen molar-refractivity contribution in [3.05, 3.63) is 75.5 Å². The van der Waals surface area contributed by atoms with E-state index in [9.17, 15) is 14.7 Å². The lowest BCUT2D eigenvalue weighted by molar-refractivity contribution is 0.0689. The van der Waals surface area contributed by atoms with Crippen molar-refractivity contribution in [1.82, 2.24) is 9.30 Å². The summed E-state index contributed by atoms with van der Waals surface area (Å²) in [6, 6.07) is 8.81. The number of amides is 1. The van der Waals surface area contributed by atoms with Crippen LogP contribution in [0.2, 0.25) is 0 Å². The molecule has 2 aromatic heterocycles. The second kappa shape index (κ2) is 7.20. The summed E-state index contributed by atoms with van der Waals surface area (Å²) in [6.07, 6.45) is 7.64. The van der Waals surface area contributed by atoms with E-state index in [1.807, 2.05) is 28.4 Å². The van der Waals surface area contributed by atoms with E-state index in [1.54, 1.807) is 24.3 Å². The molecule has 1 amide bonds. The van der Waals surface area contributed by atoms with Crippen LogP contribution < -0.4 is 5.63 Å². The Morgan fingerprint density at radius 1 is 1.17 bits per heavy atom. The lowest BCUT2D eigenvalue weighted by Gasteiger charge is -2.34. The Hall–Kier alpha value is -3.28. The van der Waals surface area contributed by atoms with E-state index in [1.165, 1.54) is 0 Å². The van der Waals surface area contributed by atoms with Crippen molar-refractivity contribution in [3.63, 3.8) is 0 Å². The Labute approximate surface area is 173 Å². The van der Waals surface area contributed by atoms with Crippen molar-refractivity contribution >= 4 is 22.5 Å². The fourth-order valence-corrected chi connectivity index (χ4v) is 4.73. The molecule has 30 heavy (non-hydrogen) atoms. The van der Waals surface area contributed by atoms with E-state index in [-0.39, 0.29) is 11.8 Å². The molecule has 1 aliphatic heterocycles. The molecule has 154 valence electrons.